The molecule has 0 aliphatic carbocycles. The van der Waals surface area contributed by atoms with Crippen LogP contribution < -0.4 is 0 Å². The molecule has 0 atom stereocenters. The molecule has 3 heterocycles. The number of aryl methyl sites for hydroxylation is 1. The van der Waals surface area contributed by atoms with E-state index in [1.807, 2.05) is 53.7 Å². The first kappa shape index (κ1) is 41.8. The van der Waals surface area contributed by atoms with E-state index in [0.717, 1.165) is 69.9 Å². The number of furan rings is 1. The van der Waals surface area contributed by atoms with Crippen LogP contribution in [-0.2, 0) is 30.3 Å². The van der Waals surface area contributed by atoms with Crippen molar-refractivity contribution in [1.29, 1.82) is 0 Å². The summed E-state index contributed by atoms with van der Waals surface area (Å²) in [5.41, 5.74) is 7.07. The Bertz CT molecular complexity index is 2290. The first-order valence-electron chi connectivity index (χ1n) is 18.9. The maximum Gasteiger partial charge on any atom is 0.216 e. The third-order valence-electron chi connectivity index (χ3n) is 11.5. The van der Waals surface area contributed by atoms with Gasteiger partial charge in [-0.25, -0.2) is 9.97 Å². The molecule has 283 valence electrons. The van der Waals surface area contributed by atoms with E-state index >= 15 is 0 Å². The number of hydrogen-bond donors (Lipinski definition) is 1. The van der Waals surface area contributed by atoms with Gasteiger partial charge in [0.2, 0.25) is 5.71 Å². The molecule has 3 aromatic heterocycles. The first-order chi connectivity index (χ1) is 24.5. The predicted octanol–water partition coefficient (Wildman–Crippen LogP) is 12.9. The number of aliphatic hydroxyl groups is 1. The number of carbonyl (C=O) groups is 1. The van der Waals surface area contributed by atoms with Crippen molar-refractivity contribution in [1.82, 2.24) is 15.0 Å². The number of allylic oxidation sites excluding steroid dienone is 2. The zero-order valence-corrected chi connectivity index (χ0v) is 36.0. The van der Waals surface area contributed by atoms with Gasteiger partial charge < -0.3 is 9.52 Å². The largest absolute Gasteiger partial charge is 0.512 e. The van der Waals surface area contributed by atoms with Crippen LogP contribution in [0.3, 0.4) is 0 Å². The number of ketones is 1. The molecular weight excluding hydrogens is 835 g/mol. The SMILES string of the molecule is CCC(C)(CC)C(=O)/C=C(\O)C(C)(CC)CC.Cc1cc(C(C)(C)C)cc2ccc3c(-c4[c-]ccc5c4oc4nc(C(C)C)ccc45)ncnc3c12.[Ir]. The molecule has 0 unspecified atom stereocenters. The molecule has 6 aromatic rings. The molecule has 0 aliphatic rings. The van der Waals surface area contributed by atoms with Crippen molar-refractivity contribution in [2.45, 2.75) is 120 Å². The zero-order chi connectivity index (χ0) is 38.2. The number of pyridine rings is 1. The Labute approximate surface area is 329 Å². The van der Waals surface area contributed by atoms with E-state index in [4.69, 9.17) is 19.4 Å². The van der Waals surface area contributed by atoms with Gasteiger partial charge in [0, 0.05) is 59.2 Å². The Morgan fingerprint density at radius 1 is 0.868 bits per heavy atom. The Kier molecular flexibility index (Phi) is 12.8. The fraction of sp³-hybridized carbons (Fsp3) is 0.435. The van der Waals surface area contributed by atoms with E-state index in [2.05, 4.69) is 84.0 Å². The first-order valence-corrected chi connectivity index (χ1v) is 18.9. The molecule has 0 spiro atoms. The van der Waals surface area contributed by atoms with Gasteiger partial charge in [-0.15, -0.1) is 18.2 Å². The molecule has 1 radical (unpaired) electrons. The van der Waals surface area contributed by atoms with Crippen LogP contribution in [-0.4, -0.2) is 25.8 Å². The minimum absolute atomic E-state index is 0. The summed E-state index contributed by atoms with van der Waals surface area (Å²) in [6, 6.07) is 20.5. The van der Waals surface area contributed by atoms with Crippen LogP contribution in [0.4, 0.5) is 0 Å². The summed E-state index contributed by atoms with van der Waals surface area (Å²) in [5.74, 6) is 0.619. The fourth-order valence-electron chi connectivity index (χ4n) is 6.64. The molecule has 3 aromatic carbocycles. The molecule has 6 rings (SSSR count). The van der Waals surface area contributed by atoms with Crippen LogP contribution in [0.15, 0.2) is 71.1 Å². The van der Waals surface area contributed by atoms with Crippen LogP contribution in [0.25, 0.3) is 55.0 Å². The summed E-state index contributed by atoms with van der Waals surface area (Å²) in [6.07, 6.45) is 6.41. The van der Waals surface area contributed by atoms with Crippen LogP contribution in [0, 0.1) is 23.8 Å². The van der Waals surface area contributed by atoms with Crippen molar-refractivity contribution in [3.63, 3.8) is 0 Å². The van der Waals surface area contributed by atoms with Crippen LogP contribution in [0.1, 0.15) is 125 Å². The van der Waals surface area contributed by atoms with E-state index in [-0.39, 0.29) is 47.9 Å². The minimum atomic E-state index is -0.337. The maximum absolute atomic E-state index is 12.2. The van der Waals surface area contributed by atoms with Gasteiger partial charge in [0.1, 0.15) is 12.1 Å². The Morgan fingerprint density at radius 2 is 1.51 bits per heavy atom. The summed E-state index contributed by atoms with van der Waals surface area (Å²) in [5, 5.41) is 15.5. The molecule has 0 fully saturated rings. The van der Waals surface area contributed by atoms with Gasteiger partial charge in [0.15, 0.2) is 5.78 Å². The third kappa shape index (κ3) is 8.12. The number of nitrogens with zero attached hydrogens (tertiary/aromatic N) is 3. The topological polar surface area (TPSA) is 89.1 Å². The van der Waals surface area contributed by atoms with Crippen LogP contribution in [0.5, 0.6) is 0 Å². The second-order valence-corrected chi connectivity index (χ2v) is 16.2. The molecular formula is C46H56IrN3O3-. The van der Waals surface area contributed by atoms with Gasteiger partial charge in [-0.05, 0) is 78.0 Å². The average molecular weight is 891 g/mol. The van der Waals surface area contributed by atoms with Gasteiger partial charge in [0.25, 0.3) is 0 Å². The van der Waals surface area contributed by atoms with Gasteiger partial charge in [-0.2, -0.15) is 0 Å². The van der Waals surface area contributed by atoms with Gasteiger partial charge in [-0.3, -0.25) is 9.78 Å². The second kappa shape index (κ2) is 16.2. The Balaban J connectivity index is 0.000000299. The van der Waals surface area contributed by atoms with Crippen molar-refractivity contribution in [3.05, 3.63) is 89.6 Å². The minimum Gasteiger partial charge on any atom is -0.512 e. The normalized spacial score (nSPS) is 12.7. The summed E-state index contributed by atoms with van der Waals surface area (Å²) in [7, 11) is 0. The summed E-state index contributed by atoms with van der Waals surface area (Å²) in [4.78, 5) is 26.4. The van der Waals surface area contributed by atoms with Crippen molar-refractivity contribution in [3.8, 4) is 11.3 Å². The van der Waals surface area contributed by atoms with Gasteiger partial charge in [0.05, 0.1) is 11.1 Å². The molecule has 0 aliphatic heterocycles. The van der Waals surface area contributed by atoms with Crippen molar-refractivity contribution < 1.29 is 34.4 Å². The van der Waals surface area contributed by atoms with Gasteiger partial charge in [-0.1, -0.05) is 111 Å². The maximum atomic E-state index is 12.2. The smallest absolute Gasteiger partial charge is 0.216 e. The summed E-state index contributed by atoms with van der Waals surface area (Å²) >= 11 is 0. The molecule has 0 saturated carbocycles. The van der Waals surface area contributed by atoms with E-state index < -0.39 is 0 Å². The van der Waals surface area contributed by atoms with Crippen molar-refractivity contribution in [2.24, 2.45) is 10.8 Å². The van der Waals surface area contributed by atoms with Crippen LogP contribution >= 0.6 is 0 Å². The standard InChI is InChI=1S/C31H28N3O.C15H28O2.Ir/c1-17(2)25-13-12-22-21-8-7-9-24(29(21)35-30(22)34-25)27-23-11-10-19-15-20(31(4,5)6)14-18(3)26(19)28(23)33-16-32-27;1-7-14(5,8-2)12(16)11-13(17)15(6,9-3)10-4;/h7-8,10-17H,1-6H3;11,16H,7-10H2,1-6H3;/q-1;;/b;12-11-;. The predicted molar refractivity (Wildman–Crippen MR) is 217 cm³/mol. The van der Waals surface area contributed by atoms with E-state index in [0.29, 0.717) is 11.6 Å². The number of fused-ring (bicyclic) bond motifs is 6. The monoisotopic (exact) mass is 891 g/mol. The average Bonchev–Trinajstić information content (AvgIpc) is 3.51. The van der Waals surface area contributed by atoms with E-state index in [1.54, 1.807) is 6.33 Å². The zero-order valence-electron chi connectivity index (χ0n) is 33.6. The number of carbonyl (C=O) groups excluding carboxylic acids is 1. The number of rotatable bonds is 9. The number of hydrogen-bond acceptors (Lipinski definition) is 6. The summed E-state index contributed by atoms with van der Waals surface area (Å²) < 4.78 is 6.34. The number of aromatic nitrogens is 3. The van der Waals surface area contributed by atoms with Gasteiger partial charge >= 0.3 is 0 Å². The molecule has 0 saturated heterocycles. The summed E-state index contributed by atoms with van der Waals surface area (Å²) in [6.45, 7) is 25.3. The molecule has 7 heteroatoms. The molecule has 1 N–H and O–H groups in total. The second-order valence-electron chi connectivity index (χ2n) is 16.2. The Hall–Kier alpha value is -3.93. The third-order valence-corrected chi connectivity index (χ3v) is 11.5. The quantitative estimate of drug-likeness (QED) is 0.0673. The molecule has 53 heavy (non-hydrogen) atoms. The van der Waals surface area contributed by atoms with E-state index in [9.17, 15) is 9.90 Å². The van der Waals surface area contributed by atoms with Crippen LogP contribution in [0.2, 0.25) is 0 Å². The number of aliphatic hydroxyl groups excluding tert-OH is 1. The fourth-order valence-corrected chi connectivity index (χ4v) is 6.64. The van der Waals surface area contributed by atoms with E-state index in [1.165, 1.54) is 28.0 Å². The molecule has 0 bridgehead atoms. The molecule has 6 nitrogen and oxygen atoms in total. The Morgan fingerprint density at radius 3 is 2.11 bits per heavy atom. The van der Waals surface area contributed by atoms with Crippen molar-refractivity contribution in [2.75, 3.05) is 0 Å². The number of benzene rings is 3. The molecule has 0 amide bonds. The van der Waals surface area contributed by atoms with Crippen molar-refractivity contribution >= 4 is 49.5 Å².